The average Bonchev–Trinajstić information content (AvgIpc) is 2.41. The Morgan fingerprint density at radius 1 is 1.25 bits per heavy atom. The number of hydrogen-bond donors (Lipinski definition) is 0. The van der Waals surface area contributed by atoms with Crippen LogP contribution in [0.2, 0.25) is 0 Å². The third-order valence-electron chi connectivity index (χ3n) is 2.86. The van der Waals surface area contributed by atoms with Crippen LogP contribution in [-0.2, 0) is 4.79 Å². The van der Waals surface area contributed by atoms with Gasteiger partial charge in [-0.3, -0.25) is 4.79 Å². The first-order valence-corrected chi connectivity index (χ1v) is 4.99. The Kier molecular flexibility index (Phi) is 3.07. The lowest BCUT2D eigenvalue weighted by molar-refractivity contribution is -0.118. The monoisotopic (exact) mass is 166 g/mol. The predicted molar refractivity (Wildman–Crippen MR) is 51.0 cm³/mol. The molecule has 1 nitrogen and oxygen atoms in total. The first-order chi connectivity index (χ1) is 5.74. The third-order valence-corrected chi connectivity index (χ3v) is 2.86. The highest BCUT2D eigenvalue weighted by Crippen LogP contribution is 2.33. The molecular weight excluding hydrogens is 148 g/mol. The van der Waals surface area contributed by atoms with Gasteiger partial charge in [0.2, 0.25) is 0 Å². The van der Waals surface area contributed by atoms with E-state index in [1.165, 1.54) is 5.57 Å². The summed E-state index contributed by atoms with van der Waals surface area (Å²) in [5.74, 6) is 0.742. The summed E-state index contributed by atoms with van der Waals surface area (Å²) < 4.78 is 0. The fraction of sp³-hybridized carbons (Fsp3) is 0.727. The average molecular weight is 166 g/mol. The van der Waals surface area contributed by atoms with E-state index in [9.17, 15) is 4.79 Å². The highest BCUT2D eigenvalue weighted by molar-refractivity contribution is 6.00. The van der Waals surface area contributed by atoms with Gasteiger partial charge < -0.3 is 0 Å². The fourth-order valence-corrected chi connectivity index (χ4v) is 2.05. The van der Waals surface area contributed by atoms with Gasteiger partial charge in [-0.15, -0.1) is 0 Å². The molecule has 12 heavy (non-hydrogen) atoms. The van der Waals surface area contributed by atoms with E-state index >= 15 is 0 Å². The van der Waals surface area contributed by atoms with Gasteiger partial charge in [-0.2, -0.15) is 0 Å². The van der Waals surface area contributed by atoms with E-state index in [0.29, 0.717) is 11.7 Å². The van der Waals surface area contributed by atoms with Crippen LogP contribution < -0.4 is 0 Å². The molecule has 1 aliphatic carbocycles. The summed E-state index contributed by atoms with van der Waals surface area (Å²) in [4.78, 5) is 11.7. The van der Waals surface area contributed by atoms with Crippen LogP contribution >= 0.6 is 0 Å². The summed E-state index contributed by atoms with van der Waals surface area (Å²) in [5, 5.41) is 0. The van der Waals surface area contributed by atoms with Crippen molar-refractivity contribution in [2.75, 3.05) is 0 Å². The Bertz CT molecular complexity index is 213. The van der Waals surface area contributed by atoms with Gasteiger partial charge in [-0.25, -0.2) is 0 Å². The Balaban J connectivity index is 2.82. The minimum absolute atomic E-state index is 0.315. The van der Waals surface area contributed by atoms with Crippen LogP contribution in [0.4, 0.5) is 0 Å². The summed E-state index contributed by atoms with van der Waals surface area (Å²) in [5.41, 5.74) is 2.54. The minimum atomic E-state index is 0.315. The van der Waals surface area contributed by atoms with E-state index in [4.69, 9.17) is 0 Å². The van der Waals surface area contributed by atoms with Gasteiger partial charge in [0.25, 0.3) is 0 Å². The molecule has 0 aromatic carbocycles. The van der Waals surface area contributed by atoms with Gasteiger partial charge in [-0.05, 0) is 31.3 Å². The molecule has 0 aliphatic heterocycles. The quantitative estimate of drug-likeness (QED) is 0.629. The van der Waals surface area contributed by atoms with Crippen molar-refractivity contribution < 1.29 is 4.79 Å². The van der Waals surface area contributed by atoms with E-state index in [1.807, 2.05) is 0 Å². The Labute approximate surface area is 74.9 Å². The van der Waals surface area contributed by atoms with Crippen molar-refractivity contribution in [3.05, 3.63) is 11.1 Å². The summed E-state index contributed by atoms with van der Waals surface area (Å²) in [6.45, 7) is 6.34. The number of rotatable bonds is 3. The molecule has 68 valence electrons. The molecule has 1 atom stereocenters. The van der Waals surface area contributed by atoms with E-state index in [-0.39, 0.29) is 0 Å². The zero-order valence-electron chi connectivity index (χ0n) is 8.31. The lowest BCUT2D eigenvalue weighted by Gasteiger charge is -2.03. The fourth-order valence-electron chi connectivity index (χ4n) is 2.05. The van der Waals surface area contributed by atoms with Gasteiger partial charge in [-0.1, -0.05) is 26.3 Å². The van der Waals surface area contributed by atoms with Crippen molar-refractivity contribution in [2.45, 2.75) is 46.5 Å². The number of ketones is 1. The molecule has 0 radical (unpaired) electrons. The van der Waals surface area contributed by atoms with Crippen LogP contribution in [-0.4, -0.2) is 5.78 Å². The molecular formula is C11H18O. The van der Waals surface area contributed by atoms with Gasteiger partial charge in [0, 0.05) is 5.92 Å². The lowest BCUT2D eigenvalue weighted by atomic mass is 10.0. The van der Waals surface area contributed by atoms with Crippen LogP contribution in [0.25, 0.3) is 0 Å². The van der Waals surface area contributed by atoms with Crippen LogP contribution in [0.5, 0.6) is 0 Å². The van der Waals surface area contributed by atoms with Gasteiger partial charge in [0.15, 0.2) is 5.78 Å². The second kappa shape index (κ2) is 3.88. The van der Waals surface area contributed by atoms with E-state index in [0.717, 1.165) is 31.3 Å². The van der Waals surface area contributed by atoms with Crippen molar-refractivity contribution in [3.8, 4) is 0 Å². The molecule has 0 aromatic heterocycles. The molecule has 0 saturated heterocycles. The highest BCUT2D eigenvalue weighted by Gasteiger charge is 2.29. The second-order valence-corrected chi connectivity index (χ2v) is 3.46. The maximum atomic E-state index is 11.7. The van der Waals surface area contributed by atoms with Crippen molar-refractivity contribution in [1.29, 1.82) is 0 Å². The maximum Gasteiger partial charge on any atom is 0.162 e. The van der Waals surface area contributed by atoms with Gasteiger partial charge in [0.1, 0.15) is 0 Å². The summed E-state index contributed by atoms with van der Waals surface area (Å²) >= 11 is 0. The topological polar surface area (TPSA) is 17.1 Å². The normalized spacial score (nSPS) is 23.9. The van der Waals surface area contributed by atoms with Crippen molar-refractivity contribution in [3.63, 3.8) is 0 Å². The van der Waals surface area contributed by atoms with E-state index in [2.05, 4.69) is 20.8 Å². The summed E-state index contributed by atoms with van der Waals surface area (Å²) in [7, 11) is 0. The first-order valence-electron chi connectivity index (χ1n) is 4.99. The number of carbonyl (C=O) groups excluding carboxylic acids is 1. The van der Waals surface area contributed by atoms with Gasteiger partial charge in [0.05, 0.1) is 0 Å². The zero-order chi connectivity index (χ0) is 9.14. The first kappa shape index (κ1) is 9.50. The van der Waals surface area contributed by atoms with Crippen molar-refractivity contribution in [1.82, 2.24) is 0 Å². The van der Waals surface area contributed by atoms with Crippen LogP contribution in [0.15, 0.2) is 11.1 Å². The predicted octanol–water partition coefficient (Wildman–Crippen LogP) is 3.10. The second-order valence-electron chi connectivity index (χ2n) is 3.46. The minimum Gasteiger partial charge on any atom is -0.294 e. The smallest absolute Gasteiger partial charge is 0.162 e. The van der Waals surface area contributed by atoms with Crippen LogP contribution in [0, 0.1) is 5.92 Å². The number of allylic oxidation sites excluding steroid dienone is 2. The maximum absolute atomic E-state index is 11.7. The van der Waals surface area contributed by atoms with Crippen LogP contribution in [0.1, 0.15) is 46.5 Å². The van der Waals surface area contributed by atoms with Gasteiger partial charge >= 0.3 is 0 Å². The molecule has 0 heterocycles. The summed E-state index contributed by atoms with van der Waals surface area (Å²) in [6, 6.07) is 0. The SMILES string of the molecule is CCC1=C(CC)C(=O)C(CC)C1. The Morgan fingerprint density at radius 3 is 2.25 bits per heavy atom. The number of Topliss-reactive ketones (excluding diaryl/α,β-unsaturated/α-hetero) is 1. The molecule has 1 rings (SSSR count). The standard InChI is InChI=1S/C11H18O/c1-4-8-7-9(5-2)11(12)10(8)6-3/h9H,4-7H2,1-3H3. The molecule has 1 unspecified atom stereocenters. The zero-order valence-corrected chi connectivity index (χ0v) is 8.31. The third kappa shape index (κ3) is 1.45. The van der Waals surface area contributed by atoms with E-state index < -0.39 is 0 Å². The Hall–Kier alpha value is -0.590. The molecule has 0 aromatic rings. The summed E-state index contributed by atoms with van der Waals surface area (Å²) in [6.07, 6.45) is 4.03. The molecule has 0 saturated carbocycles. The van der Waals surface area contributed by atoms with Crippen LogP contribution in [0.3, 0.4) is 0 Å². The molecule has 0 spiro atoms. The molecule has 1 heteroatoms. The molecule has 0 amide bonds. The molecule has 0 bridgehead atoms. The highest BCUT2D eigenvalue weighted by atomic mass is 16.1. The largest absolute Gasteiger partial charge is 0.294 e. The number of hydrogen-bond acceptors (Lipinski definition) is 1. The van der Waals surface area contributed by atoms with Crippen molar-refractivity contribution in [2.24, 2.45) is 5.92 Å². The van der Waals surface area contributed by atoms with E-state index in [1.54, 1.807) is 0 Å². The Morgan fingerprint density at radius 2 is 1.92 bits per heavy atom. The molecule has 0 fully saturated rings. The van der Waals surface area contributed by atoms with Crippen molar-refractivity contribution >= 4 is 5.78 Å². The number of carbonyl (C=O) groups is 1. The molecule has 1 aliphatic rings. The molecule has 0 N–H and O–H groups in total. The lowest BCUT2D eigenvalue weighted by Crippen LogP contribution is -2.08.